The quantitative estimate of drug-likeness (QED) is 0.802. The molecule has 0 aliphatic heterocycles. The molecule has 3 aromatic rings. The van der Waals surface area contributed by atoms with Crippen molar-refractivity contribution in [3.8, 4) is 22.9 Å². The van der Waals surface area contributed by atoms with Gasteiger partial charge in [-0.2, -0.15) is 0 Å². The van der Waals surface area contributed by atoms with E-state index in [1.165, 1.54) is 18.3 Å². The van der Waals surface area contributed by atoms with Gasteiger partial charge in [0.15, 0.2) is 0 Å². The van der Waals surface area contributed by atoms with Crippen LogP contribution in [-0.2, 0) is 6.61 Å². The van der Waals surface area contributed by atoms with Crippen LogP contribution < -0.4 is 4.74 Å². The van der Waals surface area contributed by atoms with E-state index < -0.39 is 0 Å². The van der Waals surface area contributed by atoms with Gasteiger partial charge in [-0.25, -0.2) is 9.37 Å². The Morgan fingerprint density at radius 3 is 2.68 bits per heavy atom. The van der Waals surface area contributed by atoms with Crippen LogP contribution in [0.1, 0.15) is 5.69 Å². The minimum absolute atomic E-state index is 0.176. The largest absolute Gasteiger partial charge is 0.437 e. The lowest BCUT2D eigenvalue weighted by molar-refractivity contribution is 0.269. The highest BCUT2D eigenvalue weighted by atomic mass is 19.1. The molecule has 0 aliphatic rings. The van der Waals surface area contributed by atoms with Gasteiger partial charge < -0.3 is 9.84 Å². The molecule has 0 saturated heterocycles. The number of aromatic nitrogens is 3. The van der Waals surface area contributed by atoms with Crippen molar-refractivity contribution in [2.75, 3.05) is 0 Å². The van der Waals surface area contributed by atoms with E-state index in [4.69, 9.17) is 4.74 Å². The second kappa shape index (κ2) is 6.28. The fraction of sp³-hybridized carbons (Fsp3) is 0.0625. The smallest absolute Gasteiger partial charge is 0.244 e. The number of pyridine rings is 1. The van der Waals surface area contributed by atoms with Gasteiger partial charge in [0.2, 0.25) is 5.88 Å². The van der Waals surface area contributed by atoms with Crippen molar-refractivity contribution in [2.24, 2.45) is 0 Å². The molecule has 5 nitrogen and oxygen atoms in total. The molecule has 0 aliphatic carbocycles. The Labute approximate surface area is 126 Å². The molecule has 3 rings (SSSR count). The Morgan fingerprint density at radius 1 is 1.14 bits per heavy atom. The molecule has 0 bridgehead atoms. The number of nitrogens with zero attached hydrogens (tertiary/aromatic N) is 3. The van der Waals surface area contributed by atoms with E-state index in [2.05, 4.69) is 15.0 Å². The predicted molar refractivity (Wildman–Crippen MR) is 77.7 cm³/mol. The van der Waals surface area contributed by atoms with Gasteiger partial charge in [0.25, 0.3) is 0 Å². The zero-order valence-electron chi connectivity index (χ0n) is 11.5. The molecule has 1 N–H and O–H groups in total. The lowest BCUT2D eigenvalue weighted by Gasteiger charge is -2.09. The van der Waals surface area contributed by atoms with E-state index >= 15 is 0 Å². The Balaban J connectivity index is 1.99. The Morgan fingerprint density at radius 2 is 1.95 bits per heavy atom. The van der Waals surface area contributed by atoms with Gasteiger partial charge in [-0.05, 0) is 24.3 Å². The lowest BCUT2D eigenvalue weighted by Crippen LogP contribution is -2.00. The summed E-state index contributed by atoms with van der Waals surface area (Å²) < 4.78 is 18.9. The molecular weight excluding hydrogens is 285 g/mol. The third-order valence-electron chi connectivity index (χ3n) is 2.95. The van der Waals surface area contributed by atoms with E-state index in [1.807, 2.05) is 0 Å². The van der Waals surface area contributed by atoms with Gasteiger partial charge in [-0.1, -0.05) is 12.1 Å². The van der Waals surface area contributed by atoms with Crippen molar-refractivity contribution in [1.82, 2.24) is 15.0 Å². The number of aliphatic hydroxyl groups excluding tert-OH is 1. The van der Waals surface area contributed by atoms with Crippen LogP contribution in [0, 0.1) is 5.82 Å². The molecule has 0 atom stereocenters. The maximum absolute atomic E-state index is 13.3. The molecule has 2 heterocycles. The molecule has 110 valence electrons. The molecule has 6 heteroatoms. The summed E-state index contributed by atoms with van der Waals surface area (Å²) in [6, 6.07) is 9.36. The van der Waals surface area contributed by atoms with Crippen LogP contribution in [0.2, 0.25) is 0 Å². The normalized spacial score (nSPS) is 10.5. The number of halogens is 1. The summed E-state index contributed by atoms with van der Waals surface area (Å²) >= 11 is 0. The molecule has 22 heavy (non-hydrogen) atoms. The second-order valence-corrected chi connectivity index (χ2v) is 4.46. The molecule has 0 amide bonds. The van der Waals surface area contributed by atoms with Crippen molar-refractivity contribution in [3.63, 3.8) is 0 Å². The molecule has 0 spiro atoms. The average molecular weight is 297 g/mol. The fourth-order valence-corrected chi connectivity index (χ4v) is 1.89. The first-order chi connectivity index (χ1) is 10.8. The highest BCUT2D eigenvalue weighted by Crippen LogP contribution is 2.25. The first-order valence-electron chi connectivity index (χ1n) is 6.57. The zero-order chi connectivity index (χ0) is 15.4. The summed E-state index contributed by atoms with van der Waals surface area (Å²) in [6.07, 6.45) is 4.63. The van der Waals surface area contributed by atoms with Gasteiger partial charge in [0, 0.05) is 18.0 Å². The molecule has 0 fully saturated rings. The number of hydrogen-bond donors (Lipinski definition) is 1. The maximum Gasteiger partial charge on any atom is 0.244 e. The van der Waals surface area contributed by atoms with E-state index in [0.717, 1.165) is 0 Å². The van der Waals surface area contributed by atoms with Crippen LogP contribution in [0.5, 0.6) is 11.6 Å². The van der Waals surface area contributed by atoms with Gasteiger partial charge >= 0.3 is 0 Å². The van der Waals surface area contributed by atoms with E-state index in [1.54, 1.807) is 36.7 Å². The number of aliphatic hydroxyl groups is 1. The van der Waals surface area contributed by atoms with Crippen LogP contribution in [0.15, 0.2) is 55.0 Å². The number of ether oxygens (including phenoxy) is 1. The van der Waals surface area contributed by atoms with Gasteiger partial charge in [-0.15, -0.1) is 0 Å². The lowest BCUT2D eigenvalue weighted by atomic mass is 10.1. The molecule has 0 saturated carbocycles. The van der Waals surface area contributed by atoms with Crippen LogP contribution in [0.3, 0.4) is 0 Å². The third-order valence-corrected chi connectivity index (χ3v) is 2.95. The van der Waals surface area contributed by atoms with Crippen LogP contribution in [-0.4, -0.2) is 20.1 Å². The van der Waals surface area contributed by atoms with Gasteiger partial charge in [0.05, 0.1) is 18.5 Å². The minimum atomic E-state index is -0.359. The van der Waals surface area contributed by atoms with Crippen LogP contribution in [0.4, 0.5) is 4.39 Å². The Bertz CT molecular complexity index is 781. The topological polar surface area (TPSA) is 68.1 Å². The molecule has 0 unspecified atom stereocenters. The highest BCUT2D eigenvalue weighted by Gasteiger charge is 2.11. The molecule has 1 aromatic carbocycles. The average Bonchev–Trinajstić information content (AvgIpc) is 2.56. The van der Waals surface area contributed by atoms with E-state index in [0.29, 0.717) is 22.7 Å². The maximum atomic E-state index is 13.3. The summed E-state index contributed by atoms with van der Waals surface area (Å²) in [4.78, 5) is 12.3. The van der Waals surface area contributed by atoms with Crippen LogP contribution in [0.25, 0.3) is 11.3 Å². The Kier molecular flexibility index (Phi) is 4.02. The van der Waals surface area contributed by atoms with Gasteiger partial charge in [-0.3, -0.25) is 9.97 Å². The fourth-order valence-electron chi connectivity index (χ4n) is 1.89. The first kappa shape index (κ1) is 14.1. The number of benzene rings is 1. The molecule has 2 aromatic heterocycles. The van der Waals surface area contributed by atoms with E-state index in [-0.39, 0.29) is 18.3 Å². The SMILES string of the molecule is OCc1ncc(-c2cccc(F)c2)nc1Oc1ccncc1. The standard InChI is InChI=1S/C16H12FN3O2/c17-12-3-1-2-11(8-12)14-9-19-15(10-21)16(20-14)22-13-4-6-18-7-5-13/h1-9,21H,10H2. The zero-order valence-corrected chi connectivity index (χ0v) is 11.5. The summed E-state index contributed by atoms with van der Waals surface area (Å²) in [5.41, 5.74) is 1.34. The summed E-state index contributed by atoms with van der Waals surface area (Å²) in [5.74, 6) is 0.341. The monoisotopic (exact) mass is 297 g/mol. The van der Waals surface area contributed by atoms with Gasteiger partial charge in [0.1, 0.15) is 17.3 Å². The van der Waals surface area contributed by atoms with Crippen molar-refractivity contribution in [1.29, 1.82) is 0 Å². The highest BCUT2D eigenvalue weighted by molar-refractivity contribution is 5.58. The number of hydrogen-bond acceptors (Lipinski definition) is 5. The second-order valence-electron chi connectivity index (χ2n) is 4.46. The Hall–Kier alpha value is -2.86. The van der Waals surface area contributed by atoms with Crippen molar-refractivity contribution >= 4 is 0 Å². The summed E-state index contributed by atoms with van der Waals surface area (Å²) in [5, 5.41) is 9.35. The number of rotatable bonds is 4. The summed E-state index contributed by atoms with van der Waals surface area (Å²) in [7, 11) is 0. The van der Waals surface area contributed by atoms with E-state index in [9.17, 15) is 9.50 Å². The van der Waals surface area contributed by atoms with Crippen molar-refractivity contribution in [3.05, 3.63) is 66.5 Å². The molecule has 0 radical (unpaired) electrons. The van der Waals surface area contributed by atoms with Crippen LogP contribution >= 0.6 is 0 Å². The van der Waals surface area contributed by atoms with Crippen molar-refractivity contribution in [2.45, 2.75) is 6.61 Å². The first-order valence-corrected chi connectivity index (χ1v) is 6.57. The summed E-state index contributed by atoms with van der Waals surface area (Å²) in [6.45, 7) is -0.309. The minimum Gasteiger partial charge on any atom is -0.437 e. The third kappa shape index (κ3) is 3.07. The predicted octanol–water partition coefficient (Wildman–Crippen LogP) is 2.96. The van der Waals surface area contributed by atoms with Crippen molar-refractivity contribution < 1.29 is 14.2 Å². The molecular formula is C16H12FN3O2.